The fourth-order valence-electron chi connectivity index (χ4n) is 2.98. The maximum absolute atomic E-state index is 12.2. The Kier molecular flexibility index (Phi) is 6.17. The van der Waals surface area contributed by atoms with Crippen LogP contribution in [-0.2, 0) is 11.3 Å². The minimum absolute atomic E-state index is 0.218. The molecule has 136 valence electrons. The van der Waals surface area contributed by atoms with Crippen LogP contribution >= 0.6 is 11.3 Å². The van der Waals surface area contributed by atoms with E-state index in [1.54, 1.807) is 11.3 Å². The molecule has 1 aliphatic rings. The first kappa shape index (κ1) is 18.0. The zero-order chi connectivity index (χ0) is 17.6. The second-order valence-corrected chi connectivity index (χ2v) is 7.04. The van der Waals surface area contributed by atoms with Gasteiger partial charge < -0.3 is 9.32 Å². The van der Waals surface area contributed by atoms with Crippen LogP contribution in [0, 0.1) is 0 Å². The molecular formula is C17H25N5O2S. The summed E-state index contributed by atoms with van der Waals surface area (Å²) in [6, 6.07) is 3.95. The molecule has 0 saturated carbocycles. The molecule has 2 aromatic rings. The van der Waals surface area contributed by atoms with Crippen molar-refractivity contribution in [3.05, 3.63) is 23.4 Å². The Labute approximate surface area is 152 Å². The fourth-order valence-corrected chi connectivity index (χ4v) is 3.63. The molecule has 0 aliphatic carbocycles. The average molecular weight is 363 g/mol. The molecule has 8 heteroatoms. The topological polar surface area (TPSA) is 65.7 Å². The van der Waals surface area contributed by atoms with E-state index in [1.807, 2.05) is 36.3 Å². The summed E-state index contributed by atoms with van der Waals surface area (Å²) in [6.07, 6.45) is 0. The highest BCUT2D eigenvalue weighted by atomic mass is 32.1. The van der Waals surface area contributed by atoms with Gasteiger partial charge in [-0.25, -0.2) is 0 Å². The molecule has 1 aliphatic heterocycles. The van der Waals surface area contributed by atoms with Crippen LogP contribution in [0.4, 0.5) is 0 Å². The van der Waals surface area contributed by atoms with Gasteiger partial charge in [-0.15, -0.1) is 21.5 Å². The first-order chi connectivity index (χ1) is 12.2. The quantitative estimate of drug-likeness (QED) is 0.747. The van der Waals surface area contributed by atoms with Crippen molar-refractivity contribution in [3.63, 3.8) is 0 Å². The summed E-state index contributed by atoms with van der Waals surface area (Å²) in [4.78, 5) is 19.6. The summed E-state index contributed by atoms with van der Waals surface area (Å²) in [7, 11) is 0. The predicted molar refractivity (Wildman–Crippen MR) is 97.3 cm³/mol. The van der Waals surface area contributed by atoms with Crippen molar-refractivity contribution >= 4 is 17.2 Å². The van der Waals surface area contributed by atoms with Crippen LogP contribution in [0.3, 0.4) is 0 Å². The number of likely N-dealkylation sites (N-methyl/N-ethyl adjacent to an activating group) is 1. The lowest BCUT2D eigenvalue weighted by Crippen LogP contribution is -2.49. The number of carbonyl (C=O) groups excluding carboxylic acids is 1. The third-order valence-corrected chi connectivity index (χ3v) is 5.36. The van der Waals surface area contributed by atoms with E-state index in [2.05, 4.69) is 20.0 Å². The van der Waals surface area contributed by atoms with Crippen molar-refractivity contribution in [1.29, 1.82) is 0 Å². The second-order valence-electron chi connectivity index (χ2n) is 6.10. The number of hydrogen-bond donors (Lipinski definition) is 0. The Morgan fingerprint density at radius 2 is 1.92 bits per heavy atom. The van der Waals surface area contributed by atoms with E-state index in [0.717, 1.165) is 44.1 Å². The number of hydrogen-bond acceptors (Lipinski definition) is 7. The maximum Gasteiger partial charge on any atom is 0.257 e. The largest absolute Gasteiger partial charge is 0.419 e. The summed E-state index contributed by atoms with van der Waals surface area (Å²) >= 11 is 1.59. The fraction of sp³-hybridized carbons (Fsp3) is 0.588. The molecular weight excluding hydrogens is 338 g/mol. The molecule has 0 spiro atoms. The highest BCUT2D eigenvalue weighted by molar-refractivity contribution is 7.13. The standard InChI is InChI=1S/C17H25N5O2S/c1-3-22(4-2)16(23)13-21-9-7-20(8-10-21)12-15-18-19-17(24-15)14-6-5-11-25-14/h5-6,11H,3-4,7-10,12-13H2,1-2H3. The van der Waals surface area contributed by atoms with Crippen LogP contribution in [0.5, 0.6) is 0 Å². The van der Waals surface area contributed by atoms with Crippen LogP contribution < -0.4 is 0 Å². The number of carbonyl (C=O) groups is 1. The Morgan fingerprint density at radius 1 is 1.20 bits per heavy atom. The SMILES string of the molecule is CCN(CC)C(=O)CN1CCN(Cc2nnc(-c3cccs3)o2)CC1. The van der Waals surface area contributed by atoms with Gasteiger partial charge in [0.05, 0.1) is 18.0 Å². The van der Waals surface area contributed by atoms with Crippen LogP contribution in [0.15, 0.2) is 21.9 Å². The van der Waals surface area contributed by atoms with Crippen molar-refractivity contribution in [2.75, 3.05) is 45.8 Å². The second kappa shape index (κ2) is 8.55. The van der Waals surface area contributed by atoms with E-state index >= 15 is 0 Å². The molecule has 0 N–H and O–H groups in total. The molecule has 0 radical (unpaired) electrons. The molecule has 0 atom stereocenters. The van der Waals surface area contributed by atoms with Crippen molar-refractivity contribution in [3.8, 4) is 10.8 Å². The molecule has 1 saturated heterocycles. The number of rotatable bonds is 7. The third-order valence-electron chi connectivity index (χ3n) is 4.50. The monoisotopic (exact) mass is 363 g/mol. The van der Waals surface area contributed by atoms with Gasteiger partial charge >= 0.3 is 0 Å². The maximum atomic E-state index is 12.2. The zero-order valence-electron chi connectivity index (χ0n) is 14.8. The van der Waals surface area contributed by atoms with E-state index in [0.29, 0.717) is 24.9 Å². The first-order valence-electron chi connectivity index (χ1n) is 8.78. The molecule has 2 aromatic heterocycles. The van der Waals surface area contributed by atoms with Crippen molar-refractivity contribution in [1.82, 2.24) is 24.9 Å². The van der Waals surface area contributed by atoms with Crippen LogP contribution in [-0.4, -0.2) is 76.6 Å². The lowest BCUT2D eigenvalue weighted by molar-refractivity contribution is -0.132. The van der Waals surface area contributed by atoms with Gasteiger partial charge in [-0.2, -0.15) is 0 Å². The molecule has 0 unspecified atom stereocenters. The Morgan fingerprint density at radius 3 is 2.56 bits per heavy atom. The van der Waals surface area contributed by atoms with Crippen molar-refractivity contribution in [2.24, 2.45) is 0 Å². The van der Waals surface area contributed by atoms with Crippen LogP contribution in [0.25, 0.3) is 10.8 Å². The molecule has 3 heterocycles. The summed E-state index contributed by atoms with van der Waals surface area (Å²) < 4.78 is 5.75. The summed E-state index contributed by atoms with van der Waals surface area (Å²) in [5.41, 5.74) is 0. The van der Waals surface area contributed by atoms with Crippen molar-refractivity contribution in [2.45, 2.75) is 20.4 Å². The van der Waals surface area contributed by atoms with E-state index in [-0.39, 0.29) is 5.91 Å². The summed E-state index contributed by atoms with van der Waals surface area (Å²) in [5.74, 6) is 1.46. The van der Waals surface area contributed by atoms with Gasteiger partial charge in [-0.1, -0.05) is 6.07 Å². The minimum atomic E-state index is 0.218. The van der Waals surface area contributed by atoms with Crippen LogP contribution in [0.1, 0.15) is 19.7 Å². The number of amides is 1. The normalized spacial score (nSPS) is 16.2. The molecule has 1 amide bonds. The van der Waals surface area contributed by atoms with Gasteiger partial charge in [-0.3, -0.25) is 14.6 Å². The van der Waals surface area contributed by atoms with Gasteiger partial charge in [0.1, 0.15) is 0 Å². The Bertz CT molecular complexity index is 660. The van der Waals surface area contributed by atoms with Gasteiger partial charge in [0, 0.05) is 39.3 Å². The predicted octanol–water partition coefficient (Wildman–Crippen LogP) is 1.78. The number of piperazine rings is 1. The third kappa shape index (κ3) is 4.65. The molecule has 7 nitrogen and oxygen atoms in total. The van der Waals surface area contributed by atoms with Gasteiger partial charge in [0.25, 0.3) is 5.89 Å². The first-order valence-corrected chi connectivity index (χ1v) is 9.66. The molecule has 3 rings (SSSR count). The van der Waals surface area contributed by atoms with Crippen molar-refractivity contribution < 1.29 is 9.21 Å². The highest BCUT2D eigenvalue weighted by Gasteiger charge is 2.22. The van der Waals surface area contributed by atoms with E-state index in [4.69, 9.17) is 4.42 Å². The summed E-state index contributed by atoms with van der Waals surface area (Å²) in [6.45, 7) is 10.4. The lowest BCUT2D eigenvalue weighted by Gasteiger charge is -2.34. The minimum Gasteiger partial charge on any atom is -0.419 e. The molecule has 0 bridgehead atoms. The zero-order valence-corrected chi connectivity index (χ0v) is 15.7. The van der Waals surface area contributed by atoms with E-state index in [1.165, 1.54) is 0 Å². The summed E-state index contributed by atoms with van der Waals surface area (Å²) in [5, 5.41) is 10.3. The number of aromatic nitrogens is 2. The highest BCUT2D eigenvalue weighted by Crippen LogP contribution is 2.23. The average Bonchev–Trinajstić information content (AvgIpc) is 3.29. The molecule has 1 fully saturated rings. The van der Waals surface area contributed by atoms with Gasteiger partial charge in [0.15, 0.2) is 0 Å². The van der Waals surface area contributed by atoms with E-state index in [9.17, 15) is 4.79 Å². The lowest BCUT2D eigenvalue weighted by atomic mass is 10.3. The number of nitrogens with zero attached hydrogens (tertiary/aromatic N) is 5. The smallest absolute Gasteiger partial charge is 0.257 e. The molecule has 25 heavy (non-hydrogen) atoms. The van der Waals surface area contributed by atoms with Gasteiger partial charge in [-0.05, 0) is 25.3 Å². The Balaban J connectivity index is 1.46. The van der Waals surface area contributed by atoms with E-state index < -0.39 is 0 Å². The number of thiophene rings is 1. The Hall–Kier alpha value is -1.77. The molecule has 0 aromatic carbocycles. The van der Waals surface area contributed by atoms with Gasteiger partial charge in [0.2, 0.25) is 11.8 Å². The van der Waals surface area contributed by atoms with Crippen LogP contribution in [0.2, 0.25) is 0 Å².